The van der Waals surface area contributed by atoms with E-state index in [1.807, 2.05) is 33.7 Å². The van der Waals surface area contributed by atoms with Crippen LogP contribution in [-0.4, -0.2) is 93.8 Å². The van der Waals surface area contributed by atoms with Gasteiger partial charge in [-0.3, -0.25) is 28.7 Å². The van der Waals surface area contributed by atoms with Crippen molar-refractivity contribution in [3.8, 4) is 0 Å². The molecule has 214 valence electrons. The Hall–Kier alpha value is -3.01. The minimum absolute atomic E-state index is 0.0786. The van der Waals surface area contributed by atoms with E-state index in [4.69, 9.17) is 4.74 Å². The molecule has 0 spiro atoms. The van der Waals surface area contributed by atoms with Crippen LogP contribution < -0.4 is 5.69 Å². The predicted molar refractivity (Wildman–Crippen MR) is 155 cm³/mol. The number of fused-ring (bicyclic) bond motifs is 1. The molecule has 40 heavy (non-hydrogen) atoms. The molecule has 0 saturated carbocycles. The van der Waals surface area contributed by atoms with Crippen molar-refractivity contribution < 1.29 is 9.53 Å². The van der Waals surface area contributed by atoms with Gasteiger partial charge in [-0.15, -0.1) is 0 Å². The number of pyridine rings is 1. The van der Waals surface area contributed by atoms with Crippen LogP contribution in [0.25, 0.3) is 11.0 Å². The zero-order chi connectivity index (χ0) is 27.5. The number of hydrogen-bond donors (Lipinski definition) is 0. The third-order valence-electron chi connectivity index (χ3n) is 9.37. The molecule has 0 aliphatic carbocycles. The molecular formula is C31H42N6O3. The number of aromatic nitrogens is 3. The van der Waals surface area contributed by atoms with Crippen LogP contribution in [0, 0.1) is 5.92 Å². The molecule has 3 aliphatic rings. The van der Waals surface area contributed by atoms with Crippen molar-refractivity contribution in [1.82, 2.24) is 28.8 Å². The van der Waals surface area contributed by atoms with E-state index in [9.17, 15) is 9.59 Å². The molecule has 2 aromatic heterocycles. The monoisotopic (exact) mass is 546 g/mol. The number of piperidine rings is 2. The van der Waals surface area contributed by atoms with Gasteiger partial charge in [0.05, 0.1) is 24.2 Å². The Morgan fingerprint density at radius 1 is 0.900 bits per heavy atom. The van der Waals surface area contributed by atoms with Gasteiger partial charge in [0.2, 0.25) is 5.91 Å². The van der Waals surface area contributed by atoms with Crippen molar-refractivity contribution in [3.05, 3.63) is 64.8 Å². The highest BCUT2D eigenvalue weighted by Crippen LogP contribution is 2.30. The molecule has 9 heteroatoms. The van der Waals surface area contributed by atoms with Crippen LogP contribution in [0.5, 0.6) is 0 Å². The van der Waals surface area contributed by atoms with Gasteiger partial charge in [0, 0.05) is 69.7 Å². The zero-order valence-corrected chi connectivity index (χ0v) is 23.7. The molecule has 9 nitrogen and oxygen atoms in total. The van der Waals surface area contributed by atoms with Gasteiger partial charge in [0.1, 0.15) is 0 Å². The van der Waals surface area contributed by atoms with Crippen LogP contribution in [-0.2, 0) is 16.1 Å². The average molecular weight is 547 g/mol. The van der Waals surface area contributed by atoms with Crippen LogP contribution in [0.1, 0.15) is 50.3 Å². The fourth-order valence-corrected chi connectivity index (χ4v) is 6.86. The maximum Gasteiger partial charge on any atom is 0.329 e. The first-order valence-electron chi connectivity index (χ1n) is 15.0. The van der Waals surface area contributed by atoms with E-state index in [0.717, 1.165) is 95.7 Å². The number of morpholine rings is 1. The quantitative estimate of drug-likeness (QED) is 0.453. The van der Waals surface area contributed by atoms with Gasteiger partial charge in [-0.05, 0) is 75.5 Å². The van der Waals surface area contributed by atoms with E-state index >= 15 is 0 Å². The maximum absolute atomic E-state index is 13.7. The summed E-state index contributed by atoms with van der Waals surface area (Å²) >= 11 is 0. The maximum atomic E-state index is 13.7. The molecule has 3 aliphatic heterocycles. The van der Waals surface area contributed by atoms with Crippen molar-refractivity contribution in [2.75, 3.05) is 59.0 Å². The Morgan fingerprint density at radius 3 is 2.27 bits per heavy atom. The number of rotatable bonds is 7. The van der Waals surface area contributed by atoms with Gasteiger partial charge >= 0.3 is 5.69 Å². The summed E-state index contributed by atoms with van der Waals surface area (Å²) in [5.74, 6) is 0.400. The van der Waals surface area contributed by atoms with Gasteiger partial charge in [0.25, 0.3) is 0 Å². The first-order valence-corrected chi connectivity index (χ1v) is 15.0. The van der Waals surface area contributed by atoms with Crippen molar-refractivity contribution in [3.63, 3.8) is 0 Å². The van der Waals surface area contributed by atoms with Crippen molar-refractivity contribution in [2.24, 2.45) is 5.92 Å². The van der Waals surface area contributed by atoms with E-state index in [-0.39, 0.29) is 17.6 Å². The first kappa shape index (κ1) is 27.2. The molecule has 0 N–H and O–H groups in total. The van der Waals surface area contributed by atoms with Gasteiger partial charge in [-0.25, -0.2) is 4.79 Å². The fourth-order valence-electron chi connectivity index (χ4n) is 6.86. The van der Waals surface area contributed by atoms with Crippen molar-refractivity contribution >= 4 is 16.9 Å². The average Bonchev–Trinajstić information content (AvgIpc) is 3.31. The van der Waals surface area contributed by atoms with Crippen LogP contribution in [0.3, 0.4) is 0 Å². The Morgan fingerprint density at radius 2 is 1.57 bits per heavy atom. The van der Waals surface area contributed by atoms with Gasteiger partial charge < -0.3 is 9.64 Å². The molecule has 0 radical (unpaired) electrons. The Kier molecular flexibility index (Phi) is 8.32. The molecule has 3 fully saturated rings. The number of amides is 1. The topological polar surface area (TPSA) is 75.8 Å². The second-order valence-corrected chi connectivity index (χ2v) is 11.6. The number of carbonyl (C=O) groups excluding carboxylic acids is 1. The summed E-state index contributed by atoms with van der Waals surface area (Å²) in [6.07, 6.45) is 7.16. The number of benzene rings is 1. The lowest BCUT2D eigenvalue weighted by atomic mass is 9.92. The second-order valence-electron chi connectivity index (χ2n) is 11.6. The van der Waals surface area contributed by atoms with Crippen LogP contribution in [0.2, 0.25) is 0 Å². The highest BCUT2D eigenvalue weighted by atomic mass is 16.5. The molecule has 1 atom stereocenters. The summed E-state index contributed by atoms with van der Waals surface area (Å²) in [4.78, 5) is 38.2. The van der Waals surface area contributed by atoms with Crippen molar-refractivity contribution in [1.29, 1.82) is 0 Å². The highest BCUT2D eigenvalue weighted by Gasteiger charge is 2.33. The van der Waals surface area contributed by atoms with E-state index in [1.54, 1.807) is 0 Å². The minimum atomic E-state index is 0.0786. The number of likely N-dealkylation sites (tertiary alicyclic amines) is 2. The normalized spacial score (nSPS) is 21.2. The summed E-state index contributed by atoms with van der Waals surface area (Å²) in [5.41, 5.74) is 3.37. The Bertz CT molecular complexity index is 1330. The Labute approximate surface area is 236 Å². The van der Waals surface area contributed by atoms with E-state index in [2.05, 4.69) is 50.9 Å². The number of hydrogen-bond acceptors (Lipinski definition) is 6. The van der Waals surface area contributed by atoms with Crippen molar-refractivity contribution in [2.45, 2.75) is 51.2 Å². The van der Waals surface area contributed by atoms with Gasteiger partial charge in [0.15, 0.2) is 0 Å². The smallest absolute Gasteiger partial charge is 0.329 e. The number of nitrogens with zero attached hydrogens (tertiary/aromatic N) is 6. The largest absolute Gasteiger partial charge is 0.379 e. The predicted octanol–water partition coefficient (Wildman–Crippen LogP) is 3.17. The fraction of sp³-hybridized carbons (Fsp3) is 0.581. The van der Waals surface area contributed by atoms with Crippen LogP contribution in [0.4, 0.5) is 0 Å². The third-order valence-corrected chi connectivity index (χ3v) is 9.37. The van der Waals surface area contributed by atoms with E-state index in [1.165, 1.54) is 5.56 Å². The molecule has 3 aromatic rings. The van der Waals surface area contributed by atoms with E-state index < -0.39 is 0 Å². The third kappa shape index (κ3) is 5.60. The summed E-state index contributed by atoms with van der Waals surface area (Å²) in [6.45, 7) is 10.5. The van der Waals surface area contributed by atoms with Crippen LogP contribution >= 0.6 is 0 Å². The summed E-state index contributed by atoms with van der Waals surface area (Å²) < 4.78 is 9.43. The molecule has 5 heterocycles. The Balaban J connectivity index is 1.07. The lowest BCUT2D eigenvalue weighted by molar-refractivity contribution is -0.138. The molecular weight excluding hydrogens is 504 g/mol. The number of ether oxygens (including phenoxy) is 1. The molecule has 0 bridgehead atoms. The van der Waals surface area contributed by atoms with Gasteiger partial charge in [-0.2, -0.15) is 0 Å². The molecule has 1 amide bonds. The minimum Gasteiger partial charge on any atom is -0.379 e. The van der Waals surface area contributed by atoms with E-state index in [0.29, 0.717) is 18.5 Å². The first-order chi connectivity index (χ1) is 19.6. The molecule has 6 rings (SSSR count). The standard InChI is InChI=1S/C31H42N6O3/c1-24(25-6-12-32-13-7-25)34-14-8-26(9-15-34)30(38)35-16-10-27(11-17-35)37-29-5-3-2-4-28(29)36(31(37)39)19-18-33-20-22-40-23-21-33/h2-7,12-13,24,26-27H,8-11,14-23H2,1H3. The summed E-state index contributed by atoms with van der Waals surface area (Å²) in [7, 11) is 0. The lowest BCUT2D eigenvalue weighted by Gasteiger charge is -2.39. The number of imidazole rings is 1. The molecule has 1 aromatic carbocycles. The lowest BCUT2D eigenvalue weighted by Crippen LogP contribution is -2.46. The highest BCUT2D eigenvalue weighted by molar-refractivity contribution is 5.79. The summed E-state index contributed by atoms with van der Waals surface area (Å²) in [6, 6.07) is 12.8. The zero-order valence-electron chi connectivity index (χ0n) is 23.7. The number of para-hydroxylation sites is 2. The van der Waals surface area contributed by atoms with Gasteiger partial charge in [-0.1, -0.05) is 12.1 Å². The SMILES string of the molecule is CC(c1ccncc1)N1CCC(C(=O)N2CCC(n3c(=O)n(CCN4CCOCC4)c4ccccc43)CC2)CC1. The summed E-state index contributed by atoms with van der Waals surface area (Å²) in [5, 5.41) is 0. The second kappa shape index (κ2) is 12.2. The number of carbonyl (C=O) groups is 1. The molecule has 1 unspecified atom stereocenters. The van der Waals surface area contributed by atoms with Crippen LogP contribution in [0.15, 0.2) is 53.6 Å². The molecule has 3 saturated heterocycles.